The molecule has 17 heavy (non-hydrogen) atoms. The van der Waals surface area contributed by atoms with E-state index in [2.05, 4.69) is 6.92 Å². The molecule has 0 radical (unpaired) electrons. The number of hydrogen-bond donors (Lipinski definition) is 0. The molecule has 1 unspecified atom stereocenters. The van der Waals surface area contributed by atoms with Crippen LogP contribution in [-0.2, 0) is 6.42 Å². The molecule has 1 atom stereocenters. The predicted octanol–water partition coefficient (Wildman–Crippen LogP) is 4.59. The molecule has 0 spiro atoms. The maximum absolute atomic E-state index is 10.8. The quantitative estimate of drug-likeness (QED) is 0.433. The normalized spacial score (nSPS) is 12.4. The standard InChI is InChI=1S/C12H15Cl2NO2/c1-2-3-10(13)5-4-9-8-11(14)6-7-12(9)15(16)17/h6-8,10H,2-5H2,1H3. The Kier molecular flexibility index (Phi) is 5.72. The lowest BCUT2D eigenvalue weighted by Crippen LogP contribution is -2.02. The number of rotatable bonds is 6. The van der Waals surface area contributed by atoms with E-state index in [0.717, 1.165) is 19.3 Å². The maximum Gasteiger partial charge on any atom is 0.272 e. The molecule has 0 aliphatic carbocycles. The summed E-state index contributed by atoms with van der Waals surface area (Å²) in [5, 5.41) is 11.4. The molecule has 0 saturated heterocycles. The highest BCUT2D eigenvalue weighted by Gasteiger charge is 2.15. The highest BCUT2D eigenvalue weighted by molar-refractivity contribution is 6.30. The van der Waals surface area contributed by atoms with Crippen molar-refractivity contribution in [1.82, 2.24) is 0 Å². The van der Waals surface area contributed by atoms with E-state index in [1.54, 1.807) is 6.07 Å². The van der Waals surface area contributed by atoms with Crippen LogP contribution in [-0.4, -0.2) is 10.3 Å². The number of nitro groups is 1. The van der Waals surface area contributed by atoms with E-state index < -0.39 is 0 Å². The Hall–Kier alpha value is -0.800. The maximum atomic E-state index is 10.8. The van der Waals surface area contributed by atoms with Crippen molar-refractivity contribution in [3.05, 3.63) is 38.9 Å². The number of benzene rings is 1. The predicted molar refractivity (Wildman–Crippen MR) is 71.0 cm³/mol. The van der Waals surface area contributed by atoms with Crippen molar-refractivity contribution in [2.45, 2.75) is 38.0 Å². The van der Waals surface area contributed by atoms with E-state index in [0.29, 0.717) is 17.0 Å². The first-order chi connectivity index (χ1) is 8.04. The van der Waals surface area contributed by atoms with Crippen LogP contribution in [0.15, 0.2) is 18.2 Å². The Labute approximate surface area is 111 Å². The topological polar surface area (TPSA) is 43.1 Å². The zero-order valence-electron chi connectivity index (χ0n) is 9.66. The molecule has 0 bridgehead atoms. The molecule has 0 heterocycles. The lowest BCUT2D eigenvalue weighted by Gasteiger charge is -2.08. The molecule has 0 saturated carbocycles. The molecule has 1 rings (SSSR count). The minimum atomic E-state index is -0.380. The van der Waals surface area contributed by atoms with E-state index in [4.69, 9.17) is 23.2 Å². The van der Waals surface area contributed by atoms with Gasteiger partial charge >= 0.3 is 0 Å². The fourth-order valence-electron chi connectivity index (χ4n) is 1.70. The largest absolute Gasteiger partial charge is 0.272 e. The van der Waals surface area contributed by atoms with Crippen LogP contribution in [0.5, 0.6) is 0 Å². The van der Waals surface area contributed by atoms with E-state index in [-0.39, 0.29) is 16.0 Å². The highest BCUT2D eigenvalue weighted by atomic mass is 35.5. The zero-order valence-corrected chi connectivity index (χ0v) is 11.2. The van der Waals surface area contributed by atoms with Crippen LogP contribution in [0.3, 0.4) is 0 Å². The second kappa shape index (κ2) is 6.82. The van der Waals surface area contributed by atoms with Gasteiger partial charge in [0.2, 0.25) is 0 Å². The van der Waals surface area contributed by atoms with Crippen LogP contribution >= 0.6 is 23.2 Å². The Morgan fingerprint density at radius 3 is 2.71 bits per heavy atom. The number of nitro benzene ring substituents is 1. The number of alkyl halides is 1. The van der Waals surface area contributed by atoms with Gasteiger partial charge in [-0.05, 0) is 31.4 Å². The fourth-order valence-corrected chi connectivity index (χ4v) is 2.22. The van der Waals surface area contributed by atoms with Gasteiger partial charge in [-0.25, -0.2) is 0 Å². The van der Waals surface area contributed by atoms with Gasteiger partial charge in [-0.15, -0.1) is 11.6 Å². The molecule has 0 aliphatic heterocycles. The van der Waals surface area contributed by atoms with E-state index in [1.165, 1.54) is 12.1 Å². The number of halogens is 2. The summed E-state index contributed by atoms with van der Waals surface area (Å²) in [7, 11) is 0. The molecular weight excluding hydrogens is 261 g/mol. The van der Waals surface area contributed by atoms with Crippen molar-refractivity contribution >= 4 is 28.9 Å². The fraction of sp³-hybridized carbons (Fsp3) is 0.500. The second-order valence-electron chi connectivity index (χ2n) is 3.95. The number of aryl methyl sites for hydroxylation is 1. The zero-order chi connectivity index (χ0) is 12.8. The van der Waals surface area contributed by atoms with Crippen molar-refractivity contribution in [3.8, 4) is 0 Å². The minimum absolute atomic E-state index is 0.0681. The van der Waals surface area contributed by atoms with Gasteiger partial charge in [0.1, 0.15) is 0 Å². The van der Waals surface area contributed by atoms with E-state index in [1.807, 2.05) is 0 Å². The summed E-state index contributed by atoms with van der Waals surface area (Å²) in [5.41, 5.74) is 0.777. The lowest BCUT2D eigenvalue weighted by molar-refractivity contribution is -0.385. The third-order valence-corrected chi connectivity index (χ3v) is 3.24. The molecule has 94 valence electrons. The summed E-state index contributed by atoms with van der Waals surface area (Å²) in [6, 6.07) is 4.63. The first-order valence-electron chi connectivity index (χ1n) is 5.61. The van der Waals surface area contributed by atoms with Gasteiger partial charge in [0.05, 0.1) is 4.92 Å². The third-order valence-electron chi connectivity index (χ3n) is 2.57. The number of hydrogen-bond acceptors (Lipinski definition) is 2. The van der Waals surface area contributed by atoms with Crippen molar-refractivity contribution < 1.29 is 4.92 Å². The average molecular weight is 276 g/mol. The van der Waals surface area contributed by atoms with Crippen LogP contribution in [0.25, 0.3) is 0 Å². The Morgan fingerprint density at radius 1 is 1.41 bits per heavy atom. The third kappa shape index (κ3) is 4.52. The summed E-state index contributed by atoms with van der Waals surface area (Å²) in [6.45, 7) is 2.07. The summed E-state index contributed by atoms with van der Waals surface area (Å²) < 4.78 is 0. The molecule has 3 nitrogen and oxygen atoms in total. The molecule has 1 aromatic rings. The van der Waals surface area contributed by atoms with Crippen LogP contribution in [0.4, 0.5) is 5.69 Å². The van der Waals surface area contributed by atoms with Crippen LogP contribution in [0.2, 0.25) is 5.02 Å². The summed E-state index contributed by atoms with van der Waals surface area (Å²) in [5.74, 6) is 0. The first-order valence-corrected chi connectivity index (χ1v) is 6.43. The average Bonchev–Trinajstić information content (AvgIpc) is 2.26. The van der Waals surface area contributed by atoms with Crippen LogP contribution in [0.1, 0.15) is 31.7 Å². The molecule has 0 amide bonds. The molecule has 1 aromatic carbocycles. The monoisotopic (exact) mass is 275 g/mol. The van der Waals surface area contributed by atoms with Gasteiger partial charge in [-0.2, -0.15) is 0 Å². The number of nitrogens with zero attached hydrogens (tertiary/aromatic N) is 1. The van der Waals surface area contributed by atoms with Gasteiger partial charge in [0.25, 0.3) is 5.69 Å². The summed E-state index contributed by atoms with van der Waals surface area (Å²) in [4.78, 5) is 10.5. The Balaban J connectivity index is 2.75. The van der Waals surface area contributed by atoms with Crippen molar-refractivity contribution in [2.75, 3.05) is 0 Å². The van der Waals surface area contributed by atoms with Crippen LogP contribution < -0.4 is 0 Å². The molecule has 0 N–H and O–H groups in total. The van der Waals surface area contributed by atoms with Crippen LogP contribution in [0, 0.1) is 10.1 Å². The van der Waals surface area contributed by atoms with Crippen molar-refractivity contribution in [3.63, 3.8) is 0 Å². The Bertz CT molecular complexity index is 396. The smallest absolute Gasteiger partial charge is 0.258 e. The molecule has 0 aromatic heterocycles. The van der Waals surface area contributed by atoms with Gasteiger partial charge in [-0.1, -0.05) is 24.9 Å². The lowest BCUT2D eigenvalue weighted by atomic mass is 10.0. The first kappa shape index (κ1) is 14.3. The highest BCUT2D eigenvalue weighted by Crippen LogP contribution is 2.25. The van der Waals surface area contributed by atoms with E-state index in [9.17, 15) is 10.1 Å². The van der Waals surface area contributed by atoms with E-state index >= 15 is 0 Å². The molecule has 5 heteroatoms. The Morgan fingerprint density at radius 2 is 2.12 bits per heavy atom. The SMILES string of the molecule is CCCC(Cl)CCc1cc(Cl)ccc1[N+](=O)[O-]. The second-order valence-corrected chi connectivity index (χ2v) is 5.01. The van der Waals surface area contributed by atoms with Crippen molar-refractivity contribution in [1.29, 1.82) is 0 Å². The van der Waals surface area contributed by atoms with Gasteiger partial charge in [0.15, 0.2) is 0 Å². The summed E-state index contributed by atoms with van der Waals surface area (Å²) in [6.07, 6.45) is 3.27. The molecule has 0 fully saturated rings. The minimum Gasteiger partial charge on any atom is -0.258 e. The van der Waals surface area contributed by atoms with Crippen molar-refractivity contribution in [2.24, 2.45) is 0 Å². The summed E-state index contributed by atoms with van der Waals surface area (Å²) >= 11 is 11.9. The van der Waals surface area contributed by atoms with Gasteiger partial charge in [-0.3, -0.25) is 10.1 Å². The van der Waals surface area contributed by atoms with Gasteiger partial charge in [0, 0.05) is 22.0 Å². The van der Waals surface area contributed by atoms with Gasteiger partial charge < -0.3 is 0 Å². The molecule has 0 aliphatic rings. The molecular formula is C12H15Cl2NO2.